The molecular weight excluding hydrogens is 232 g/mol. The van der Waals surface area contributed by atoms with Gasteiger partial charge >= 0.3 is 0 Å². The molecule has 17 heavy (non-hydrogen) atoms. The number of oxime groups is 1. The van der Waals surface area contributed by atoms with Crippen LogP contribution in [0.25, 0.3) is 0 Å². The minimum Gasteiger partial charge on any atom is -0.410 e. The average molecular weight is 249 g/mol. The zero-order valence-electron chi connectivity index (χ0n) is 9.53. The van der Waals surface area contributed by atoms with E-state index in [-0.39, 0.29) is 31.5 Å². The summed E-state index contributed by atoms with van der Waals surface area (Å²) in [5, 5.41) is 11.3. The molecule has 98 valence electrons. The lowest BCUT2D eigenvalue weighted by Crippen LogP contribution is -2.32. The number of halogens is 2. The topological polar surface area (TPSA) is 78.9 Å². The molecule has 0 unspecified atom stereocenters. The van der Waals surface area contributed by atoms with Crippen molar-refractivity contribution in [3.8, 4) is 0 Å². The zero-order valence-corrected chi connectivity index (χ0v) is 9.53. The number of nitrogens with zero attached hydrogens (tertiary/aromatic N) is 2. The van der Waals surface area contributed by atoms with Crippen molar-refractivity contribution in [3.05, 3.63) is 0 Å². The lowest BCUT2D eigenvalue weighted by atomic mass is 10.1. The molecule has 1 amide bonds. The van der Waals surface area contributed by atoms with Crippen LogP contribution >= 0.6 is 0 Å². The van der Waals surface area contributed by atoms with Gasteiger partial charge in [-0.05, 0) is 13.0 Å². The Morgan fingerprint density at radius 1 is 1.41 bits per heavy atom. The zero-order chi connectivity index (χ0) is 12.9. The summed E-state index contributed by atoms with van der Waals surface area (Å²) in [7, 11) is 0. The molecule has 7 heteroatoms. The Labute approximate surface area is 98.3 Å². The second-order valence-corrected chi connectivity index (χ2v) is 4.21. The number of likely N-dealkylation sites (tertiary alicyclic amines) is 1. The molecule has 5 nitrogen and oxygen atoms in total. The van der Waals surface area contributed by atoms with E-state index in [1.165, 1.54) is 0 Å². The highest BCUT2D eigenvalue weighted by Crippen LogP contribution is 2.27. The van der Waals surface area contributed by atoms with Gasteiger partial charge in [-0.15, -0.1) is 0 Å². The predicted molar refractivity (Wildman–Crippen MR) is 58.3 cm³/mol. The van der Waals surface area contributed by atoms with Crippen molar-refractivity contribution in [3.63, 3.8) is 0 Å². The van der Waals surface area contributed by atoms with E-state index in [1.54, 1.807) is 0 Å². The van der Waals surface area contributed by atoms with E-state index >= 15 is 0 Å². The minimum absolute atomic E-state index is 0.0970. The van der Waals surface area contributed by atoms with Crippen molar-refractivity contribution in [1.82, 2.24) is 4.90 Å². The first-order valence-electron chi connectivity index (χ1n) is 5.55. The SMILES string of the molecule is NC(=O)C(CCN1CCCC(F)(F)CC1)=NO. The van der Waals surface area contributed by atoms with Gasteiger partial charge in [-0.25, -0.2) is 8.78 Å². The highest BCUT2D eigenvalue weighted by Gasteiger charge is 2.31. The smallest absolute Gasteiger partial charge is 0.266 e. The van der Waals surface area contributed by atoms with Crippen LogP contribution in [0.1, 0.15) is 25.7 Å². The Morgan fingerprint density at radius 3 is 2.71 bits per heavy atom. The second-order valence-electron chi connectivity index (χ2n) is 4.21. The molecule has 1 heterocycles. The third kappa shape index (κ3) is 4.64. The first-order valence-corrected chi connectivity index (χ1v) is 5.55. The Kier molecular flexibility index (Phi) is 4.80. The summed E-state index contributed by atoms with van der Waals surface area (Å²) in [6, 6.07) is 0. The van der Waals surface area contributed by atoms with Gasteiger partial charge in [-0.1, -0.05) is 5.16 Å². The molecule has 0 aromatic carbocycles. The maximum absolute atomic E-state index is 13.1. The van der Waals surface area contributed by atoms with E-state index in [9.17, 15) is 13.6 Å². The van der Waals surface area contributed by atoms with Gasteiger partial charge in [0.1, 0.15) is 5.71 Å². The molecule has 0 aromatic rings. The maximum Gasteiger partial charge on any atom is 0.266 e. The Morgan fingerprint density at radius 2 is 2.12 bits per heavy atom. The third-order valence-electron chi connectivity index (χ3n) is 2.88. The summed E-state index contributed by atoms with van der Waals surface area (Å²) in [6.07, 6.45) is 0.335. The third-order valence-corrected chi connectivity index (χ3v) is 2.88. The molecule has 1 aliphatic rings. The summed E-state index contributed by atoms with van der Waals surface area (Å²) >= 11 is 0. The molecule has 3 N–H and O–H groups in total. The van der Waals surface area contributed by atoms with Gasteiger partial charge in [0.15, 0.2) is 0 Å². The standard InChI is InChI=1S/C10H17F2N3O2/c11-10(12)3-1-5-15(7-4-10)6-2-8(14-17)9(13)16/h17H,1-7H2,(H2,13,16). The van der Waals surface area contributed by atoms with Gasteiger partial charge in [-0.2, -0.15) is 0 Å². The van der Waals surface area contributed by atoms with Crippen molar-refractivity contribution in [1.29, 1.82) is 0 Å². The van der Waals surface area contributed by atoms with Crippen LogP contribution in [0.3, 0.4) is 0 Å². The number of carbonyl (C=O) groups excluding carboxylic acids is 1. The summed E-state index contributed by atoms with van der Waals surface area (Å²) in [5.41, 5.74) is 4.84. The summed E-state index contributed by atoms with van der Waals surface area (Å²) in [5.74, 6) is -3.38. The fourth-order valence-electron chi connectivity index (χ4n) is 1.83. The fraction of sp³-hybridized carbons (Fsp3) is 0.800. The lowest BCUT2D eigenvalue weighted by molar-refractivity contribution is -0.112. The van der Waals surface area contributed by atoms with Crippen molar-refractivity contribution in [2.24, 2.45) is 10.9 Å². The number of alkyl halides is 2. The molecule has 0 radical (unpaired) electrons. The maximum atomic E-state index is 13.1. The molecule has 0 spiro atoms. The molecule has 0 aliphatic carbocycles. The van der Waals surface area contributed by atoms with E-state index in [0.717, 1.165) is 0 Å². The van der Waals surface area contributed by atoms with E-state index in [4.69, 9.17) is 10.9 Å². The minimum atomic E-state index is -2.59. The first-order chi connectivity index (χ1) is 7.94. The van der Waals surface area contributed by atoms with E-state index in [2.05, 4.69) is 5.16 Å². The Bertz CT molecular complexity index is 308. The van der Waals surface area contributed by atoms with E-state index < -0.39 is 11.8 Å². The van der Waals surface area contributed by atoms with Crippen LogP contribution in [-0.2, 0) is 4.79 Å². The van der Waals surface area contributed by atoms with Gasteiger partial charge in [0.2, 0.25) is 5.92 Å². The normalized spacial score (nSPS) is 22.1. The van der Waals surface area contributed by atoms with E-state index in [1.807, 2.05) is 4.90 Å². The van der Waals surface area contributed by atoms with Crippen LogP contribution < -0.4 is 5.73 Å². The molecule has 0 bridgehead atoms. The molecule has 0 atom stereocenters. The quantitative estimate of drug-likeness (QED) is 0.439. The molecule has 1 fully saturated rings. The number of hydrogen-bond donors (Lipinski definition) is 2. The molecule has 0 saturated carbocycles. The largest absolute Gasteiger partial charge is 0.410 e. The number of hydrogen-bond acceptors (Lipinski definition) is 4. The monoisotopic (exact) mass is 249 g/mol. The highest BCUT2D eigenvalue weighted by atomic mass is 19.3. The first kappa shape index (κ1) is 13.8. The molecule has 1 aliphatic heterocycles. The molecule has 0 aromatic heterocycles. The number of amides is 1. The van der Waals surface area contributed by atoms with Crippen molar-refractivity contribution < 1.29 is 18.8 Å². The number of primary amides is 1. The molecule has 1 saturated heterocycles. The fourth-order valence-corrected chi connectivity index (χ4v) is 1.83. The van der Waals surface area contributed by atoms with Crippen LogP contribution in [0.4, 0.5) is 8.78 Å². The van der Waals surface area contributed by atoms with Gasteiger partial charge in [-0.3, -0.25) is 4.79 Å². The second kappa shape index (κ2) is 5.90. The molecular formula is C10H17F2N3O2. The summed E-state index contributed by atoms with van der Waals surface area (Å²) in [6.45, 7) is 1.25. The van der Waals surface area contributed by atoms with Crippen LogP contribution in [0.5, 0.6) is 0 Å². The van der Waals surface area contributed by atoms with Crippen LogP contribution in [0, 0.1) is 0 Å². The van der Waals surface area contributed by atoms with Gasteiger partial charge in [0, 0.05) is 32.4 Å². The number of rotatable bonds is 4. The average Bonchev–Trinajstić information content (AvgIpc) is 2.40. The number of nitrogens with two attached hydrogens (primary N) is 1. The van der Waals surface area contributed by atoms with Crippen LogP contribution in [-0.4, -0.2) is 47.3 Å². The van der Waals surface area contributed by atoms with Gasteiger partial charge in [0.05, 0.1) is 0 Å². The van der Waals surface area contributed by atoms with Crippen LogP contribution in [0.15, 0.2) is 5.16 Å². The highest BCUT2D eigenvalue weighted by molar-refractivity contribution is 6.38. The Hall–Kier alpha value is -1.24. The predicted octanol–water partition coefficient (Wildman–Crippen LogP) is 0.813. The van der Waals surface area contributed by atoms with Crippen molar-refractivity contribution in [2.45, 2.75) is 31.6 Å². The Balaban J connectivity index is 2.40. The lowest BCUT2D eigenvalue weighted by Gasteiger charge is -2.19. The summed E-state index contributed by atoms with van der Waals surface area (Å²) in [4.78, 5) is 12.6. The van der Waals surface area contributed by atoms with Gasteiger partial charge < -0.3 is 15.8 Å². The van der Waals surface area contributed by atoms with Crippen LogP contribution in [0.2, 0.25) is 0 Å². The van der Waals surface area contributed by atoms with Gasteiger partial charge in [0.25, 0.3) is 5.91 Å². The number of carbonyl (C=O) groups is 1. The molecule has 1 rings (SSSR count). The summed E-state index contributed by atoms with van der Waals surface area (Å²) < 4.78 is 26.1. The van der Waals surface area contributed by atoms with Crippen molar-refractivity contribution >= 4 is 11.6 Å². The van der Waals surface area contributed by atoms with Crippen molar-refractivity contribution in [2.75, 3.05) is 19.6 Å². The van der Waals surface area contributed by atoms with E-state index in [0.29, 0.717) is 19.5 Å².